The summed E-state index contributed by atoms with van der Waals surface area (Å²) in [6.45, 7) is 4.55. The maximum absolute atomic E-state index is 12.9. The molecule has 0 bridgehead atoms. The van der Waals surface area contributed by atoms with Crippen molar-refractivity contribution in [3.05, 3.63) is 24.3 Å². The molecule has 0 unspecified atom stereocenters. The maximum atomic E-state index is 12.9. The van der Waals surface area contributed by atoms with E-state index in [0.29, 0.717) is 37.2 Å². The zero-order valence-electron chi connectivity index (χ0n) is 30.4. The Balaban J connectivity index is 3.71. The molecule has 3 heteroatoms. The van der Waals surface area contributed by atoms with E-state index < -0.39 is 0 Å². The third kappa shape index (κ3) is 30.8. The summed E-state index contributed by atoms with van der Waals surface area (Å²) in [4.78, 5) is 27.4. The summed E-state index contributed by atoms with van der Waals surface area (Å²) in [6, 6.07) is -0.107. The van der Waals surface area contributed by atoms with Gasteiger partial charge in [-0.1, -0.05) is 141 Å². The number of likely N-dealkylation sites (N-methyl/N-ethyl adjacent to an activating group) is 1. The van der Waals surface area contributed by atoms with Gasteiger partial charge in [0.1, 0.15) is 11.6 Å². The topological polar surface area (TPSA) is 37.4 Å². The van der Waals surface area contributed by atoms with E-state index in [1.165, 1.54) is 141 Å². The Morgan fingerprint density at radius 3 is 1.18 bits per heavy atom. The van der Waals surface area contributed by atoms with Gasteiger partial charge in [-0.15, -0.1) is 0 Å². The van der Waals surface area contributed by atoms with Crippen LogP contribution in [0.1, 0.15) is 206 Å². The van der Waals surface area contributed by atoms with E-state index in [2.05, 4.69) is 38.2 Å². The predicted octanol–water partition coefficient (Wildman–Crippen LogP) is 12.9. The molecule has 0 aromatic carbocycles. The molecule has 0 aromatic heterocycles. The van der Waals surface area contributed by atoms with Gasteiger partial charge in [-0.2, -0.15) is 0 Å². The molecule has 44 heavy (non-hydrogen) atoms. The van der Waals surface area contributed by atoms with Crippen LogP contribution in [-0.2, 0) is 9.59 Å². The molecule has 0 aliphatic rings. The summed E-state index contributed by atoms with van der Waals surface area (Å²) < 4.78 is 0. The van der Waals surface area contributed by atoms with Gasteiger partial charge in [0.15, 0.2) is 0 Å². The lowest BCUT2D eigenvalue weighted by atomic mass is 9.97. The lowest BCUT2D eigenvalue weighted by molar-refractivity contribution is -0.124. The Morgan fingerprint density at radius 2 is 0.795 bits per heavy atom. The number of hydrogen-bond donors (Lipinski definition) is 0. The van der Waals surface area contributed by atoms with E-state index in [4.69, 9.17) is 0 Å². The van der Waals surface area contributed by atoms with Crippen molar-refractivity contribution in [3.8, 4) is 0 Å². The highest BCUT2D eigenvalue weighted by Gasteiger charge is 2.21. The van der Waals surface area contributed by atoms with Crippen LogP contribution in [0.4, 0.5) is 0 Å². The Kier molecular flexibility index (Phi) is 33.7. The van der Waals surface area contributed by atoms with E-state index in [-0.39, 0.29) is 6.04 Å². The third-order valence-electron chi connectivity index (χ3n) is 9.09. The average Bonchev–Trinajstić information content (AvgIpc) is 3.01. The highest BCUT2D eigenvalue weighted by molar-refractivity contribution is 5.85. The molecule has 0 rings (SSSR count). The molecule has 0 spiro atoms. The van der Waals surface area contributed by atoms with Crippen LogP contribution >= 0.6 is 0 Å². The van der Waals surface area contributed by atoms with Crippen molar-refractivity contribution in [1.29, 1.82) is 0 Å². The van der Waals surface area contributed by atoms with Crippen LogP contribution in [0.2, 0.25) is 0 Å². The predicted molar refractivity (Wildman–Crippen MR) is 196 cm³/mol. The second-order valence-corrected chi connectivity index (χ2v) is 13.7. The van der Waals surface area contributed by atoms with Crippen molar-refractivity contribution in [1.82, 2.24) is 4.90 Å². The minimum atomic E-state index is -0.107. The second kappa shape index (κ2) is 34.6. The lowest BCUT2D eigenvalue weighted by Crippen LogP contribution is -2.36. The summed E-state index contributed by atoms with van der Waals surface area (Å²) in [6.07, 6.45) is 45.2. The number of unbranched alkanes of at least 4 members (excludes halogenated alkanes) is 22. The van der Waals surface area contributed by atoms with Crippen molar-refractivity contribution < 1.29 is 9.59 Å². The quantitative estimate of drug-likeness (QED) is 0.0526. The number of carbonyl (C=O) groups is 2. The van der Waals surface area contributed by atoms with Gasteiger partial charge in [0, 0.05) is 19.3 Å². The SMILES string of the molecule is CCCCCCCC/C=C\CCCCCCCC(=O)CC[C@@H](C(=O)CCCCCCC/C=C\CCCCCCCC)N(C)C. The molecule has 0 amide bonds. The number of carbonyl (C=O) groups excluding carboxylic acids is 2. The normalized spacial score (nSPS) is 12.7. The number of allylic oxidation sites excluding steroid dienone is 4. The molecule has 1 atom stereocenters. The highest BCUT2D eigenvalue weighted by Crippen LogP contribution is 2.15. The molecular formula is C41H77NO2. The summed E-state index contributed by atoms with van der Waals surface area (Å²) >= 11 is 0. The van der Waals surface area contributed by atoms with E-state index in [1.54, 1.807) is 0 Å². The van der Waals surface area contributed by atoms with Crippen molar-refractivity contribution in [3.63, 3.8) is 0 Å². The zero-order valence-corrected chi connectivity index (χ0v) is 30.4. The highest BCUT2D eigenvalue weighted by atomic mass is 16.1. The Hall–Kier alpha value is -1.22. The fourth-order valence-corrected chi connectivity index (χ4v) is 6.06. The summed E-state index contributed by atoms with van der Waals surface area (Å²) in [7, 11) is 3.97. The van der Waals surface area contributed by atoms with Crippen LogP contribution in [0, 0.1) is 0 Å². The zero-order chi connectivity index (χ0) is 32.4. The number of rotatable bonds is 35. The molecule has 258 valence electrons. The first-order valence-corrected chi connectivity index (χ1v) is 19.5. The lowest BCUT2D eigenvalue weighted by Gasteiger charge is -2.22. The first-order chi connectivity index (χ1) is 21.5. The van der Waals surface area contributed by atoms with Crippen LogP contribution in [-0.4, -0.2) is 36.6 Å². The van der Waals surface area contributed by atoms with E-state index in [0.717, 1.165) is 25.7 Å². The summed E-state index contributed by atoms with van der Waals surface area (Å²) in [5.74, 6) is 0.657. The fraction of sp³-hybridized carbons (Fsp3) is 0.854. The van der Waals surface area contributed by atoms with Gasteiger partial charge < -0.3 is 0 Å². The molecule has 0 radical (unpaired) electrons. The van der Waals surface area contributed by atoms with Crippen molar-refractivity contribution in [2.75, 3.05) is 14.1 Å². The van der Waals surface area contributed by atoms with Gasteiger partial charge in [-0.25, -0.2) is 0 Å². The van der Waals surface area contributed by atoms with Gasteiger partial charge in [-0.05, 0) is 84.7 Å². The number of ketones is 2. The van der Waals surface area contributed by atoms with Gasteiger partial charge in [0.25, 0.3) is 0 Å². The van der Waals surface area contributed by atoms with Crippen molar-refractivity contribution in [2.45, 2.75) is 213 Å². The largest absolute Gasteiger partial charge is 0.300 e. The van der Waals surface area contributed by atoms with Crippen LogP contribution in [0.5, 0.6) is 0 Å². The molecule has 0 heterocycles. The minimum Gasteiger partial charge on any atom is -0.300 e. The Bertz CT molecular complexity index is 680. The van der Waals surface area contributed by atoms with Gasteiger partial charge in [0.2, 0.25) is 0 Å². The maximum Gasteiger partial charge on any atom is 0.149 e. The van der Waals surface area contributed by atoms with E-state index >= 15 is 0 Å². The number of hydrogen-bond acceptors (Lipinski definition) is 3. The monoisotopic (exact) mass is 616 g/mol. The van der Waals surface area contributed by atoms with Crippen molar-refractivity contribution >= 4 is 11.6 Å². The van der Waals surface area contributed by atoms with Gasteiger partial charge in [-0.3, -0.25) is 14.5 Å². The summed E-state index contributed by atoms with van der Waals surface area (Å²) in [5, 5.41) is 0. The molecule has 3 nitrogen and oxygen atoms in total. The molecule has 0 aromatic rings. The van der Waals surface area contributed by atoms with Crippen LogP contribution in [0.25, 0.3) is 0 Å². The van der Waals surface area contributed by atoms with E-state index in [9.17, 15) is 9.59 Å². The molecule has 0 aliphatic heterocycles. The molecule has 0 N–H and O–H groups in total. The van der Waals surface area contributed by atoms with Gasteiger partial charge in [0.05, 0.1) is 6.04 Å². The Labute approximate surface area is 276 Å². The summed E-state index contributed by atoms with van der Waals surface area (Å²) in [5.41, 5.74) is 0. The molecule has 0 aliphatic carbocycles. The second-order valence-electron chi connectivity index (χ2n) is 13.7. The van der Waals surface area contributed by atoms with Gasteiger partial charge >= 0.3 is 0 Å². The third-order valence-corrected chi connectivity index (χ3v) is 9.09. The van der Waals surface area contributed by atoms with E-state index in [1.807, 2.05) is 19.0 Å². The number of nitrogens with zero attached hydrogens (tertiary/aromatic N) is 1. The van der Waals surface area contributed by atoms with Crippen molar-refractivity contribution in [2.24, 2.45) is 0 Å². The molecule has 0 saturated carbocycles. The smallest absolute Gasteiger partial charge is 0.149 e. The van der Waals surface area contributed by atoms with Crippen LogP contribution in [0.15, 0.2) is 24.3 Å². The van der Waals surface area contributed by atoms with Crippen LogP contribution in [0.3, 0.4) is 0 Å². The van der Waals surface area contributed by atoms with Crippen LogP contribution < -0.4 is 0 Å². The first kappa shape index (κ1) is 42.8. The first-order valence-electron chi connectivity index (χ1n) is 19.5. The fourth-order valence-electron chi connectivity index (χ4n) is 6.06. The molecular weight excluding hydrogens is 538 g/mol. The Morgan fingerprint density at radius 1 is 0.455 bits per heavy atom. The minimum absolute atomic E-state index is 0.107. The number of Topliss-reactive ketones (excluding diaryl/α,β-unsaturated/α-hetero) is 2. The standard InChI is InChI=1S/C41H77NO2/c1-5-7-9-11-13-15-17-19-21-23-25-27-29-31-33-35-39(43)37-38-40(42(3)4)41(44)36-34-32-30-28-26-24-22-20-18-16-14-12-10-8-6-2/h19-22,40H,5-18,23-38H2,1-4H3/b21-19-,22-20-/t40-/m0/s1. The molecule has 0 saturated heterocycles. The molecule has 0 fully saturated rings. The average molecular weight is 616 g/mol.